The van der Waals surface area contributed by atoms with E-state index in [1.807, 2.05) is 52.0 Å². The van der Waals surface area contributed by atoms with Crippen LogP contribution in [0.25, 0.3) is 5.69 Å². The molecule has 3 aromatic rings. The molecule has 1 aliphatic heterocycles. The standard InChI is InChI=1S/C25H27N5O5S2/c1-14-6-8-16(9-7-14)30-22(23(32)35-28-30)36-15(2)20(31)27-21-18(12-26)17-10-11-29(13-19(17)37-21)24(33)34-25(3,4)5/h6-9,15H,10-11,13H2,1-5H3,(H-,27,28,31,32). The van der Waals surface area contributed by atoms with E-state index in [4.69, 9.17) is 9.26 Å². The Morgan fingerprint density at radius 3 is 2.70 bits per heavy atom. The van der Waals surface area contributed by atoms with Gasteiger partial charge in [-0.2, -0.15) is 5.26 Å². The summed E-state index contributed by atoms with van der Waals surface area (Å²) in [6.07, 6.45) is 0.0787. The molecule has 2 aromatic heterocycles. The Hall–Kier alpha value is -3.56. The number of anilines is 1. The Balaban J connectivity index is 1.48. The van der Waals surface area contributed by atoms with Gasteiger partial charge in [0.25, 0.3) is 5.03 Å². The molecule has 1 N–H and O–H groups in total. The number of aromatic nitrogens is 2. The molecule has 37 heavy (non-hydrogen) atoms. The number of amides is 2. The first-order valence-electron chi connectivity index (χ1n) is 11.6. The van der Waals surface area contributed by atoms with Crippen molar-refractivity contribution < 1.29 is 28.6 Å². The zero-order valence-corrected chi connectivity index (χ0v) is 22.8. The van der Waals surface area contributed by atoms with E-state index in [1.165, 1.54) is 16.0 Å². The highest BCUT2D eigenvalue weighted by molar-refractivity contribution is 8.00. The van der Waals surface area contributed by atoms with Gasteiger partial charge in [0.15, 0.2) is 5.95 Å². The van der Waals surface area contributed by atoms with E-state index in [0.29, 0.717) is 35.8 Å². The number of thioether (sulfide) groups is 1. The molecular weight excluding hydrogens is 514 g/mol. The van der Waals surface area contributed by atoms with E-state index in [-0.39, 0.29) is 10.9 Å². The lowest BCUT2D eigenvalue weighted by atomic mass is 10.0. The van der Waals surface area contributed by atoms with Crippen LogP contribution < -0.4 is 15.1 Å². The highest BCUT2D eigenvalue weighted by atomic mass is 32.2. The Morgan fingerprint density at radius 1 is 1.35 bits per heavy atom. The van der Waals surface area contributed by atoms with Gasteiger partial charge in [-0.1, -0.05) is 17.7 Å². The minimum atomic E-state index is -0.687. The summed E-state index contributed by atoms with van der Waals surface area (Å²) in [7, 11) is 0. The average Bonchev–Trinajstić information content (AvgIpc) is 3.37. The van der Waals surface area contributed by atoms with Gasteiger partial charge in [-0.15, -0.1) is 11.3 Å². The van der Waals surface area contributed by atoms with Gasteiger partial charge in [-0.25, -0.2) is 4.79 Å². The van der Waals surface area contributed by atoms with Crippen LogP contribution in [0.3, 0.4) is 0 Å². The molecule has 2 amide bonds. The van der Waals surface area contributed by atoms with Crippen LogP contribution in [-0.4, -0.2) is 39.6 Å². The normalized spacial score (nSPS) is 14.0. The van der Waals surface area contributed by atoms with Crippen LogP contribution in [0.2, 0.25) is 0 Å². The molecule has 10 nitrogen and oxygen atoms in total. The molecule has 3 heterocycles. The number of nitriles is 1. The largest absolute Gasteiger partial charge is 0.538 e. The van der Waals surface area contributed by atoms with Crippen molar-refractivity contribution in [2.75, 3.05) is 11.9 Å². The zero-order valence-electron chi connectivity index (χ0n) is 21.2. The van der Waals surface area contributed by atoms with Crippen LogP contribution in [0.15, 0.2) is 33.8 Å². The van der Waals surface area contributed by atoms with Gasteiger partial charge in [0.1, 0.15) is 16.7 Å². The molecule has 4 rings (SSSR count). The van der Waals surface area contributed by atoms with Crippen molar-refractivity contribution in [3.63, 3.8) is 0 Å². The SMILES string of the molecule is Cc1ccc(-[n+]2noc([O-])c2SC(C)C(=O)Nc2sc3c(c2C#N)CCN(C(=O)OC(C)(C)C)C3)cc1. The van der Waals surface area contributed by atoms with Crippen molar-refractivity contribution in [1.29, 1.82) is 5.26 Å². The van der Waals surface area contributed by atoms with Gasteiger partial charge < -0.3 is 24.6 Å². The molecule has 0 saturated heterocycles. The Kier molecular flexibility index (Phi) is 7.47. The van der Waals surface area contributed by atoms with Crippen LogP contribution in [0.5, 0.6) is 5.95 Å². The summed E-state index contributed by atoms with van der Waals surface area (Å²) in [5.74, 6) is -1.02. The van der Waals surface area contributed by atoms with E-state index in [1.54, 1.807) is 11.8 Å². The van der Waals surface area contributed by atoms with Crippen LogP contribution >= 0.6 is 23.1 Å². The molecule has 0 bridgehead atoms. The predicted molar refractivity (Wildman–Crippen MR) is 136 cm³/mol. The number of aryl methyl sites for hydroxylation is 1. The summed E-state index contributed by atoms with van der Waals surface area (Å²) in [6.45, 7) is 9.77. The first-order valence-corrected chi connectivity index (χ1v) is 13.3. The summed E-state index contributed by atoms with van der Waals surface area (Å²) in [6, 6.07) is 9.58. The zero-order chi connectivity index (χ0) is 26.9. The Labute approximate surface area is 222 Å². The van der Waals surface area contributed by atoms with E-state index in [2.05, 4.69) is 16.7 Å². The number of carbonyl (C=O) groups is 2. The minimum Gasteiger partial charge on any atom is -0.538 e. The van der Waals surface area contributed by atoms with E-state index >= 15 is 0 Å². The Bertz CT molecular complexity index is 1370. The summed E-state index contributed by atoms with van der Waals surface area (Å²) < 4.78 is 11.7. The predicted octanol–water partition coefficient (Wildman–Crippen LogP) is 3.68. The molecule has 0 radical (unpaired) electrons. The highest BCUT2D eigenvalue weighted by Crippen LogP contribution is 2.38. The van der Waals surface area contributed by atoms with Crippen LogP contribution in [0.1, 0.15) is 49.3 Å². The number of fused-ring (bicyclic) bond motifs is 1. The number of nitrogens with zero attached hydrogens (tertiary/aromatic N) is 4. The lowest BCUT2D eigenvalue weighted by molar-refractivity contribution is -0.705. The van der Waals surface area contributed by atoms with Crippen molar-refractivity contribution in [1.82, 2.24) is 10.2 Å². The number of ether oxygens (including phenoxy) is 1. The second-order valence-electron chi connectivity index (χ2n) is 9.63. The van der Waals surface area contributed by atoms with Crippen LogP contribution in [-0.2, 0) is 22.5 Å². The quantitative estimate of drug-likeness (QED) is 0.382. The summed E-state index contributed by atoms with van der Waals surface area (Å²) in [4.78, 5) is 28.0. The minimum absolute atomic E-state index is 0.172. The van der Waals surface area contributed by atoms with Crippen molar-refractivity contribution in [3.05, 3.63) is 45.8 Å². The number of hydrogen-bond donors (Lipinski definition) is 1. The number of carbonyl (C=O) groups excluding carboxylic acids is 2. The molecule has 1 atom stereocenters. The number of thiophene rings is 1. The molecule has 0 aliphatic carbocycles. The molecule has 0 saturated carbocycles. The van der Waals surface area contributed by atoms with Gasteiger partial charge in [0, 0.05) is 23.6 Å². The smallest absolute Gasteiger partial charge is 0.410 e. The van der Waals surface area contributed by atoms with Gasteiger partial charge in [0.2, 0.25) is 11.6 Å². The molecule has 12 heteroatoms. The second kappa shape index (κ2) is 10.4. The first-order chi connectivity index (χ1) is 17.5. The van der Waals surface area contributed by atoms with Gasteiger partial charge >= 0.3 is 6.09 Å². The van der Waals surface area contributed by atoms with Gasteiger partial charge in [-0.3, -0.25) is 4.79 Å². The van der Waals surface area contributed by atoms with Crippen molar-refractivity contribution in [2.24, 2.45) is 0 Å². The van der Waals surface area contributed by atoms with Crippen molar-refractivity contribution in [2.45, 2.75) is 63.5 Å². The summed E-state index contributed by atoms with van der Waals surface area (Å²) in [5, 5.41) is 28.7. The average molecular weight is 542 g/mol. The third-order valence-electron chi connectivity index (χ3n) is 5.57. The molecule has 1 aliphatic rings. The van der Waals surface area contributed by atoms with Gasteiger partial charge in [0.05, 0.1) is 22.6 Å². The van der Waals surface area contributed by atoms with Crippen molar-refractivity contribution in [3.8, 4) is 17.7 Å². The third kappa shape index (κ3) is 5.89. The molecule has 0 spiro atoms. The monoisotopic (exact) mass is 541 g/mol. The van der Waals surface area contributed by atoms with Crippen LogP contribution in [0, 0.1) is 18.3 Å². The van der Waals surface area contributed by atoms with E-state index in [0.717, 1.165) is 27.8 Å². The number of nitrogens with one attached hydrogen (secondary N) is 1. The maximum Gasteiger partial charge on any atom is 0.410 e. The topological polar surface area (TPSA) is 135 Å². The van der Waals surface area contributed by atoms with Crippen molar-refractivity contribution >= 4 is 40.1 Å². The maximum atomic E-state index is 13.1. The molecule has 194 valence electrons. The molecule has 0 fully saturated rings. The fraction of sp³-hybridized carbons (Fsp3) is 0.400. The fourth-order valence-electron chi connectivity index (χ4n) is 3.72. The van der Waals surface area contributed by atoms with Gasteiger partial charge in [-0.05, 0) is 63.0 Å². The van der Waals surface area contributed by atoms with E-state index < -0.39 is 22.9 Å². The number of benzene rings is 1. The number of hydrogen-bond acceptors (Lipinski definition) is 9. The molecular formula is C25H27N5O5S2. The van der Waals surface area contributed by atoms with Crippen LogP contribution in [0.4, 0.5) is 9.80 Å². The third-order valence-corrected chi connectivity index (χ3v) is 7.83. The van der Waals surface area contributed by atoms with E-state index in [9.17, 15) is 20.0 Å². The number of rotatable bonds is 5. The summed E-state index contributed by atoms with van der Waals surface area (Å²) in [5.41, 5.74) is 2.32. The first kappa shape index (κ1) is 26.5. The lowest BCUT2D eigenvalue weighted by Crippen LogP contribution is -2.39. The maximum absolute atomic E-state index is 13.1. The Morgan fingerprint density at radius 2 is 2.05 bits per heavy atom. The molecule has 1 aromatic carbocycles. The lowest BCUT2D eigenvalue weighted by Gasteiger charge is -2.29. The summed E-state index contributed by atoms with van der Waals surface area (Å²) >= 11 is 2.30. The second-order valence-corrected chi connectivity index (χ2v) is 12.1. The molecule has 1 unspecified atom stereocenters. The fourth-order valence-corrected chi connectivity index (χ4v) is 5.81. The highest BCUT2D eigenvalue weighted by Gasteiger charge is 2.31.